The van der Waals surface area contributed by atoms with Crippen molar-refractivity contribution in [3.63, 3.8) is 0 Å². The second-order valence-electron chi connectivity index (χ2n) is 3.66. The summed E-state index contributed by atoms with van der Waals surface area (Å²) in [6.07, 6.45) is 1.14. The fraction of sp³-hybridized carbons (Fsp3) is 0.500. The zero-order valence-electron chi connectivity index (χ0n) is 9.25. The summed E-state index contributed by atoms with van der Waals surface area (Å²) < 4.78 is 0. The van der Waals surface area contributed by atoms with Gasteiger partial charge in [-0.1, -0.05) is 36.7 Å². The molecule has 0 heterocycles. The number of nitrogens with zero attached hydrogens (tertiary/aromatic N) is 1. The van der Waals surface area contributed by atoms with Gasteiger partial charge in [-0.15, -0.1) is 0 Å². The van der Waals surface area contributed by atoms with Crippen molar-refractivity contribution in [3.8, 4) is 0 Å². The summed E-state index contributed by atoms with van der Waals surface area (Å²) in [5.74, 6) is 0. The highest BCUT2D eigenvalue weighted by atomic mass is 35.5. The molecule has 2 nitrogen and oxygen atoms in total. The highest BCUT2D eigenvalue weighted by molar-refractivity contribution is 6.31. The molecule has 0 unspecified atom stereocenters. The first-order valence-electron chi connectivity index (χ1n) is 5.43. The summed E-state index contributed by atoms with van der Waals surface area (Å²) >= 11 is 6.11. The molecule has 0 aliphatic carbocycles. The van der Waals surface area contributed by atoms with Crippen LogP contribution in [0.5, 0.6) is 0 Å². The second kappa shape index (κ2) is 6.83. The molecule has 0 spiro atoms. The zero-order valence-corrected chi connectivity index (χ0v) is 10.0. The van der Waals surface area contributed by atoms with Crippen molar-refractivity contribution in [2.24, 2.45) is 5.73 Å². The fourth-order valence-electron chi connectivity index (χ4n) is 1.64. The van der Waals surface area contributed by atoms with Crippen LogP contribution in [0.2, 0.25) is 5.02 Å². The van der Waals surface area contributed by atoms with Crippen LogP contribution in [0.4, 0.5) is 0 Å². The molecule has 0 amide bonds. The van der Waals surface area contributed by atoms with Crippen molar-refractivity contribution < 1.29 is 0 Å². The molecule has 0 fully saturated rings. The van der Waals surface area contributed by atoms with Gasteiger partial charge < -0.3 is 5.73 Å². The molecule has 0 aliphatic heterocycles. The van der Waals surface area contributed by atoms with Crippen molar-refractivity contribution in [3.05, 3.63) is 34.9 Å². The van der Waals surface area contributed by atoms with Crippen molar-refractivity contribution in [2.75, 3.05) is 19.6 Å². The van der Waals surface area contributed by atoms with Crippen LogP contribution in [0.1, 0.15) is 18.9 Å². The predicted molar refractivity (Wildman–Crippen MR) is 66.1 cm³/mol. The lowest BCUT2D eigenvalue weighted by Gasteiger charge is -2.21. The Kier molecular flexibility index (Phi) is 5.69. The highest BCUT2D eigenvalue weighted by Crippen LogP contribution is 2.16. The van der Waals surface area contributed by atoms with Crippen LogP contribution in [0.15, 0.2) is 24.3 Å². The maximum Gasteiger partial charge on any atom is 0.0451 e. The van der Waals surface area contributed by atoms with E-state index in [1.807, 2.05) is 18.2 Å². The van der Waals surface area contributed by atoms with Gasteiger partial charge in [-0.2, -0.15) is 0 Å². The van der Waals surface area contributed by atoms with Gasteiger partial charge in [0.05, 0.1) is 0 Å². The second-order valence-corrected chi connectivity index (χ2v) is 4.06. The summed E-state index contributed by atoms with van der Waals surface area (Å²) in [5, 5.41) is 0.843. The Morgan fingerprint density at radius 2 is 2.00 bits per heavy atom. The number of benzene rings is 1. The standard InChI is InChI=1S/C12H19ClN2/c1-2-8-15(9-7-14)10-11-5-3-4-6-12(11)13/h3-6H,2,7-10,14H2,1H3. The lowest BCUT2D eigenvalue weighted by Crippen LogP contribution is -2.29. The van der Waals surface area contributed by atoms with E-state index in [0.29, 0.717) is 6.54 Å². The van der Waals surface area contributed by atoms with E-state index in [2.05, 4.69) is 17.9 Å². The average Bonchev–Trinajstić information content (AvgIpc) is 2.22. The van der Waals surface area contributed by atoms with Crippen LogP contribution in [0, 0.1) is 0 Å². The quantitative estimate of drug-likeness (QED) is 0.808. The van der Waals surface area contributed by atoms with Crippen LogP contribution < -0.4 is 5.73 Å². The van der Waals surface area contributed by atoms with E-state index < -0.39 is 0 Å². The molecular weight excluding hydrogens is 208 g/mol. The van der Waals surface area contributed by atoms with Crippen molar-refractivity contribution in [1.29, 1.82) is 0 Å². The zero-order chi connectivity index (χ0) is 11.1. The van der Waals surface area contributed by atoms with E-state index >= 15 is 0 Å². The molecule has 0 aliphatic rings. The molecular formula is C12H19ClN2. The number of hydrogen-bond acceptors (Lipinski definition) is 2. The van der Waals surface area contributed by atoms with Crippen LogP contribution in [0.3, 0.4) is 0 Å². The van der Waals surface area contributed by atoms with E-state index in [1.165, 1.54) is 5.56 Å². The summed E-state index contributed by atoms with van der Waals surface area (Å²) in [4.78, 5) is 2.33. The highest BCUT2D eigenvalue weighted by Gasteiger charge is 2.06. The van der Waals surface area contributed by atoms with Crippen LogP contribution in [-0.4, -0.2) is 24.5 Å². The third-order valence-corrected chi connectivity index (χ3v) is 2.71. The first kappa shape index (κ1) is 12.5. The van der Waals surface area contributed by atoms with Crippen molar-refractivity contribution >= 4 is 11.6 Å². The van der Waals surface area contributed by atoms with Gasteiger partial charge in [0.2, 0.25) is 0 Å². The van der Waals surface area contributed by atoms with Crippen molar-refractivity contribution in [2.45, 2.75) is 19.9 Å². The molecule has 84 valence electrons. The van der Waals surface area contributed by atoms with Gasteiger partial charge in [-0.25, -0.2) is 0 Å². The molecule has 1 rings (SSSR count). The van der Waals surface area contributed by atoms with Crippen LogP contribution >= 0.6 is 11.6 Å². The summed E-state index contributed by atoms with van der Waals surface area (Å²) in [6.45, 7) is 5.77. The Bertz CT molecular complexity index is 283. The van der Waals surface area contributed by atoms with E-state index in [9.17, 15) is 0 Å². The Balaban J connectivity index is 2.60. The van der Waals surface area contributed by atoms with Crippen LogP contribution in [0.25, 0.3) is 0 Å². The van der Waals surface area contributed by atoms with Gasteiger partial charge in [0.1, 0.15) is 0 Å². The van der Waals surface area contributed by atoms with Gasteiger partial charge in [0.25, 0.3) is 0 Å². The molecule has 0 radical (unpaired) electrons. The number of nitrogens with two attached hydrogens (primary N) is 1. The van der Waals surface area contributed by atoms with E-state index in [4.69, 9.17) is 17.3 Å². The Morgan fingerprint density at radius 1 is 1.27 bits per heavy atom. The maximum atomic E-state index is 6.11. The van der Waals surface area contributed by atoms with Gasteiger partial charge in [-0.3, -0.25) is 4.90 Å². The molecule has 0 aromatic heterocycles. The molecule has 2 N–H and O–H groups in total. The number of rotatable bonds is 6. The third-order valence-electron chi connectivity index (χ3n) is 2.34. The predicted octanol–water partition coefficient (Wildman–Crippen LogP) is 2.51. The first-order valence-corrected chi connectivity index (χ1v) is 5.81. The molecule has 3 heteroatoms. The Hall–Kier alpha value is -0.570. The normalized spacial score (nSPS) is 10.9. The van der Waals surface area contributed by atoms with Gasteiger partial charge in [0, 0.05) is 24.7 Å². The lowest BCUT2D eigenvalue weighted by atomic mass is 10.2. The van der Waals surface area contributed by atoms with Gasteiger partial charge >= 0.3 is 0 Å². The topological polar surface area (TPSA) is 29.3 Å². The minimum atomic E-state index is 0.699. The van der Waals surface area contributed by atoms with Crippen LogP contribution in [-0.2, 0) is 6.54 Å². The third kappa shape index (κ3) is 4.20. The van der Waals surface area contributed by atoms with Gasteiger partial charge in [0.15, 0.2) is 0 Å². The minimum Gasteiger partial charge on any atom is -0.329 e. The summed E-state index contributed by atoms with van der Waals surface area (Å²) in [5.41, 5.74) is 6.76. The molecule has 1 aromatic rings. The summed E-state index contributed by atoms with van der Waals surface area (Å²) in [7, 11) is 0. The molecule has 15 heavy (non-hydrogen) atoms. The minimum absolute atomic E-state index is 0.699. The fourth-order valence-corrected chi connectivity index (χ4v) is 1.83. The SMILES string of the molecule is CCCN(CCN)Cc1ccccc1Cl. The Labute approximate surface area is 97.0 Å². The largest absolute Gasteiger partial charge is 0.329 e. The van der Waals surface area contributed by atoms with E-state index in [0.717, 1.165) is 31.1 Å². The number of hydrogen-bond donors (Lipinski definition) is 1. The maximum absolute atomic E-state index is 6.11. The molecule has 0 saturated heterocycles. The Morgan fingerprint density at radius 3 is 2.60 bits per heavy atom. The van der Waals surface area contributed by atoms with Crippen molar-refractivity contribution in [1.82, 2.24) is 4.90 Å². The van der Waals surface area contributed by atoms with E-state index in [-0.39, 0.29) is 0 Å². The first-order chi connectivity index (χ1) is 7.27. The van der Waals surface area contributed by atoms with Gasteiger partial charge in [-0.05, 0) is 24.6 Å². The average molecular weight is 227 g/mol. The summed E-state index contributed by atoms with van der Waals surface area (Å²) in [6, 6.07) is 7.98. The molecule has 0 atom stereocenters. The molecule has 0 bridgehead atoms. The molecule has 0 saturated carbocycles. The van der Waals surface area contributed by atoms with E-state index in [1.54, 1.807) is 0 Å². The monoisotopic (exact) mass is 226 g/mol. The molecule has 1 aromatic carbocycles. The number of halogens is 1. The smallest absolute Gasteiger partial charge is 0.0451 e. The lowest BCUT2D eigenvalue weighted by molar-refractivity contribution is 0.273.